The molecule has 0 spiro atoms. The maximum Gasteiger partial charge on any atom is 0.321 e. The first-order valence-corrected chi connectivity index (χ1v) is 11.4. The van der Waals surface area contributed by atoms with E-state index in [-0.39, 0.29) is 6.03 Å². The van der Waals surface area contributed by atoms with Crippen molar-refractivity contribution in [1.29, 1.82) is 0 Å². The van der Waals surface area contributed by atoms with Gasteiger partial charge in [-0.15, -0.1) is 10.2 Å². The lowest BCUT2D eigenvalue weighted by atomic mass is 10.1. The van der Waals surface area contributed by atoms with Crippen LogP contribution in [0.1, 0.15) is 5.56 Å². The van der Waals surface area contributed by atoms with Crippen LogP contribution in [0.2, 0.25) is 5.02 Å². The van der Waals surface area contributed by atoms with Crippen LogP contribution in [0, 0.1) is 6.92 Å². The van der Waals surface area contributed by atoms with Crippen molar-refractivity contribution in [1.82, 2.24) is 15.1 Å². The third kappa shape index (κ3) is 4.47. The summed E-state index contributed by atoms with van der Waals surface area (Å²) in [5.74, 6) is 0.824. The summed E-state index contributed by atoms with van der Waals surface area (Å²) >= 11 is 6.16. The van der Waals surface area contributed by atoms with Gasteiger partial charge in [0.1, 0.15) is 0 Å². The fraction of sp³-hybridized carbons (Fsp3) is 0.192. The Hall–Kier alpha value is -3.64. The first kappa shape index (κ1) is 21.2. The second kappa shape index (κ2) is 9.08. The molecule has 1 aliphatic heterocycles. The smallest absolute Gasteiger partial charge is 0.321 e. The lowest BCUT2D eigenvalue weighted by Gasteiger charge is -2.35. The van der Waals surface area contributed by atoms with Crippen molar-refractivity contribution < 1.29 is 4.79 Å². The molecule has 0 saturated carbocycles. The summed E-state index contributed by atoms with van der Waals surface area (Å²) in [6, 6.07) is 24.0. The molecule has 1 aromatic heterocycles. The number of piperazine rings is 1. The Morgan fingerprint density at radius 2 is 1.67 bits per heavy atom. The zero-order valence-corrected chi connectivity index (χ0v) is 19.1. The van der Waals surface area contributed by atoms with Gasteiger partial charge in [-0.3, -0.25) is 0 Å². The summed E-state index contributed by atoms with van der Waals surface area (Å²) in [5.41, 5.74) is 3.50. The van der Waals surface area contributed by atoms with Gasteiger partial charge >= 0.3 is 6.03 Å². The van der Waals surface area contributed by atoms with E-state index in [0.717, 1.165) is 28.3 Å². The third-order valence-corrected chi connectivity index (χ3v) is 6.51. The second-order valence-corrected chi connectivity index (χ2v) is 8.56. The number of nitrogens with one attached hydrogen (secondary N) is 1. The minimum Gasteiger partial charge on any atom is -0.352 e. The lowest BCUT2D eigenvalue weighted by molar-refractivity contribution is 0.208. The highest BCUT2D eigenvalue weighted by atomic mass is 35.5. The van der Waals surface area contributed by atoms with Crippen LogP contribution in [0.5, 0.6) is 0 Å². The minimum absolute atomic E-state index is 0.113. The zero-order chi connectivity index (χ0) is 22.8. The number of aromatic nitrogens is 2. The minimum atomic E-state index is -0.113. The molecule has 1 saturated heterocycles. The highest BCUT2D eigenvalue weighted by Gasteiger charge is 2.22. The normalized spacial score (nSPS) is 13.9. The Balaban J connectivity index is 1.22. The fourth-order valence-corrected chi connectivity index (χ4v) is 4.25. The average Bonchev–Trinajstić information content (AvgIpc) is 2.87. The van der Waals surface area contributed by atoms with Crippen molar-refractivity contribution >= 4 is 39.9 Å². The Labute approximate surface area is 197 Å². The number of hydrogen-bond donors (Lipinski definition) is 1. The first-order chi connectivity index (χ1) is 16.1. The highest BCUT2D eigenvalue weighted by molar-refractivity contribution is 6.31. The van der Waals surface area contributed by atoms with Crippen LogP contribution < -0.4 is 10.2 Å². The first-order valence-electron chi connectivity index (χ1n) is 11.0. The van der Waals surface area contributed by atoms with Crippen LogP contribution in [-0.2, 0) is 0 Å². The van der Waals surface area contributed by atoms with E-state index >= 15 is 0 Å². The number of nitrogens with zero attached hydrogens (tertiary/aromatic N) is 4. The number of hydrogen-bond acceptors (Lipinski definition) is 4. The fourth-order valence-electron chi connectivity index (χ4n) is 4.07. The molecule has 1 N–H and O–H groups in total. The van der Waals surface area contributed by atoms with Crippen LogP contribution >= 0.6 is 11.6 Å². The van der Waals surface area contributed by atoms with E-state index in [1.165, 1.54) is 10.8 Å². The van der Waals surface area contributed by atoms with E-state index in [1.807, 2.05) is 54.3 Å². The van der Waals surface area contributed by atoms with Crippen molar-refractivity contribution in [3.8, 4) is 11.3 Å². The zero-order valence-electron chi connectivity index (χ0n) is 18.3. The quantitative estimate of drug-likeness (QED) is 0.434. The lowest BCUT2D eigenvalue weighted by Crippen LogP contribution is -2.50. The van der Waals surface area contributed by atoms with Crippen molar-refractivity contribution in [2.24, 2.45) is 0 Å². The predicted molar refractivity (Wildman–Crippen MR) is 134 cm³/mol. The van der Waals surface area contributed by atoms with Crippen LogP contribution in [0.3, 0.4) is 0 Å². The van der Waals surface area contributed by atoms with Gasteiger partial charge in [-0.05, 0) is 53.6 Å². The van der Waals surface area contributed by atoms with Crippen molar-refractivity contribution in [3.63, 3.8) is 0 Å². The van der Waals surface area contributed by atoms with E-state index in [2.05, 4.69) is 50.7 Å². The molecule has 0 unspecified atom stereocenters. The Kier molecular flexibility index (Phi) is 5.84. The van der Waals surface area contributed by atoms with E-state index in [4.69, 9.17) is 11.6 Å². The largest absolute Gasteiger partial charge is 0.352 e. The van der Waals surface area contributed by atoms with Gasteiger partial charge in [-0.2, -0.15) is 0 Å². The van der Waals surface area contributed by atoms with Gasteiger partial charge in [0.05, 0.1) is 5.69 Å². The number of rotatable bonds is 3. The summed E-state index contributed by atoms with van der Waals surface area (Å²) in [7, 11) is 0. The molecule has 5 rings (SSSR count). The van der Waals surface area contributed by atoms with E-state index in [0.29, 0.717) is 31.2 Å². The van der Waals surface area contributed by atoms with Crippen LogP contribution in [0.4, 0.5) is 16.3 Å². The molecule has 7 heteroatoms. The number of halogens is 1. The summed E-state index contributed by atoms with van der Waals surface area (Å²) < 4.78 is 0. The standard InChI is InChI=1S/C26H24ClN5O/c1-18-22(27)7-4-8-23(18)28-26(33)32-15-13-31(14-16-32)25-12-11-24(29-30-25)21-10-9-19-5-2-3-6-20(19)17-21/h2-12,17H,13-16H2,1H3,(H,28,33). The molecular formula is C26H24ClN5O. The molecule has 0 radical (unpaired) electrons. The second-order valence-electron chi connectivity index (χ2n) is 8.16. The topological polar surface area (TPSA) is 61.4 Å². The SMILES string of the molecule is Cc1c(Cl)cccc1NC(=O)N1CCN(c2ccc(-c3ccc4ccccc4c3)nn2)CC1. The maximum absolute atomic E-state index is 12.7. The highest BCUT2D eigenvalue weighted by Crippen LogP contribution is 2.25. The molecule has 0 aliphatic carbocycles. The van der Waals surface area contributed by atoms with Gasteiger partial charge in [0.2, 0.25) is 0 Å². The molecule has 0 atom stereocenters. The van der Waals surface area contributed by atoms with Gasteiger partial charge in [-0.25, -0.2) is 4.79 Å². The number of carbonyl (C=O) groups is 1. The number of carbonyl (C=O) groups excluding carboxylic acids is 1. The molecule has 6 nitrogen and oxygen atoms in total. The van der Waals surface area contributed by atoms with Crippen molar-refractivity contribution in [2.45, 2.75) is 6.92 Å². The molecule has 166 valence electrons. The Bertz CT molecular complexity index is 1300. The van der Waals surface area contributed by atoms with Crippen molar-refractivity contribution in [3.05, 3.63) is 83.4 Å². The molecule has 0 bridgehead atoms. The molecular weight excluding hydrogens is 434 g/mol. The van der Waals surface area contributed by atoms with Crippen LogP contribution in [-0.4, -0.2) is 47.3 Å². The van der Waals surface area contributed by atoms with Gasteiger partial charge < -0.3 is 15.1 Å². The molecule has 33 heavy (non-hydrogen) atoms. The molecule has 1 fully saturated rings. The summed E-state index contributed by atoms with van der Waals surface area (Å²) in [6.45, 7) is 4.52. The molecule has 2 amide bonds. The number of anilines is 2. The molecule has 4 aromatic rings. The van der Waals surface area contributed by atoms with Crippen LogP contribution in [0.15, 0.2) is 72.8 Å². The summed E-state index contributed by atoms with van der Waals surface area (Å²) in [4.78, 5) is 16.7. The van der Waals surface area contributed by atoms with Crippen LogP contribution in [0.25, 0.3) is 22.0 Å². The Morgan fingerprint density at radius 3 is 2.42 bits per heavy atom. The number of amides is 2. The van der Waals surface area contributed by atoms with Gasteiger partial charge in [0.15, 0.2) is 5.82 Å². The summed E-state index contributed by atoms with van der Waals surface area (Å²) in [6.07, 6.45) is 0. The van der Waals surface area contributed by atoms with E-state index in [1.54, 1.807) is 0 Å². The molecule has 2 heterocycles. The summed E-state index contributed by atoms with van der Waals surface area (Å²) in [5, 5.41) is 14.9. The van der Waals surface area contributed by atoms with Gasteiger partial charge in [0.25, 0.3) is 0 Å². The average molecular weight is 458 g/mol. The van der Waals surface area contributed by atoms with E-state index < -0.39 is 0 Å². The monoisotopic (exact) mass is 457 g/mol. The number of fused-ring (bicyclic) bond motifs is 1. The number of benzene rings is 3. The predicted octanol–water partition coefficient (Wildman–Crippen LogP) is 5.61. The molecule has 1 aliphatic rings. The molecule has 3 aromatic carbocycles. The van der Waals surface area contributed by atoms with Gasteiger partial charge in [-0.1, -0.05) is 54.1 Å². The number of urea groups is 1. The maximum atomic E-state index is 12.7. The third-order valence-electron chi connectivity index (χ3n) is 6.10. The van der Waals surface area contributed by atoms with E-state index in [9.17, 15) is 4.79 Å². The van der Waals surface area contributed by atoms with Crippen molar-refractivity contribution in [2.75, 3.05) is 36.4 Å². The van der Waals surface area contributed by atoms with Gasteiger partial charge in [0, 0.05) is 42.5 Å². The Morgan fingerprint density at radius 1 is 0.879 bits per heavy atom.